The molecule has 2 unspecified atom stereocenters. The predicted octanol–water partition coefficient (Wildman–Crippen LogP) is 4.28. The molecule has 0 aliphatic heterocycles. The number of rotatable bonds is 2. The second kappa shape index (κ2) is 3.84. The zero-order chi connectivity index (χ0) is 13.0. The van der Waals surface area contributed by atoms with Crippen LogP contribution in [0.2, 0.25) is 5.02 Å². The molecule has 0 aromatic heterocycles. The van der Waals surface area contributed by atoms with E-state index in [1.165, 1.54) is 18.4 Å². The molecule has 2 saturated carbocycles. The summed E-state index contributed by atoms with van der Waals surface area (Å²) in [5, 5.41) is 0.780. The Bertz CT molecular complexity index is 488. The molecular weight excluding hydrogens is 244 g/mol. The number of hydrogen-bond acceptors (Lipinski definition) is 1. The Morgan fingerprint density at radius 1 is 1.28 bits per heavy atom. The second-order valence-electron chi connectivity index (χ2n) is 6.35. The Balaban J connectivity index is 1.82. The van der Waals surface area contributed by atoms with Crippen molar-refractivity contribution in [2.75, 3.05) is 0 Å². The first-order chi connectivity index (χ1) is 8.48. The lowest BCUT2D eigenvalue weighted by Gasteiger charge is -2.20. The standard InChI is InChI=1S/C16H19ClO/c1-15(2)14(18)16(15)9-3-4-12(16)10-11-5-7-13(17)8-6-11/h5-8,12H,3-4,9-10H2,1-2H3. The van der Waals surface area contributed by atoms with Crippen molar-refractivity contribution in [2.45, 2.75) is 39.5 Å². The van der Waals surface area contributed by atoms with Gasteiger partial charge in [-0.15, -0.1) is 0 Å². The highest BCUT2D eigenvalue weighted by Gasteiger charge is 2.74. The third-order valence-corrected chi connectivity index (χ3v) is 5.49. The van der Waals surface area contributed by atoms with E-state index in [1.807, 2.05) is 12.1 Å². The van der Waals surface area contributed by atoms with E-state index in [4.69, 9.17) is 11.6 Å². The summed E-state index contributed by atoms with van der Waals surface area (Å²) in [7, 11) is 0. The lowest BCUT2D eigenvalue weighted by Crippen LogP contribution is -2.18. The summed E-state index contributed by atoms with van der Waals surface area (Å²) in [6, 6.07) is 8.07. The Morgan fingerprint density at radius 3 is 2.44 bits per heavy atom. The molecule has 96 valence electrons. The summed E-state index contributed by atoms with van der Waals surface area (Å²) < 4.78 is 0. The van der Waals surface area contributed by atoms with E-state index in [0.29, 0.717) is 11.7 Å². The summed E-state index contributed by atoms with van der Waals surface area (Å²) >= 11 is 5.91. The van der Waals surface area contributed by atoms with Gasteiger partial charge in [0.05, 0.1) is 0 Å². The van der Waals surface area contributed by atoms with Gasteiger partial charge in [-0.25, -0.2) is 0 Å². The van der Waals surface area contributed by atoms with Crippen LogP contribution in [0.5, 0.6) is 0 Å². The van der Waals surface area contributed by atoms with Gasteiger partial charge >= 0.3 is 0 Å². The topological polar surface area (TPSA) is 17.1 Å². The molecule has 3 rings (SSSR count). The van der Waals surface area contributed by atoms with E-state index in [0.717, 1.165) is 17.9 Å². The van der Waals surface area contributed by atoms with Crippen molar-refractivity contribution in [3.63, 3.8) is 0 Å². The normalized spacial score (nSPS) is 33.1. The van der Waals surface area contributed by atoms with Crippen LogP contribution in [0.1, 0.15) is 38.7 Å². The Kier molecular flexibility index (Phi) is 2.60. The van der Waals surface area contributed by atoms with Crippen LogP contribution in [0, 0.1) is 16.7 Å². The fraction of sp³-hybridized carbons (Fsp3) is 0.562. The maximum atomic E-state index is 12.2. The fourth-order valence-electron chi connectivity index (χ4n) is 4.10. The van der Waals surface area contributed by atoms with Crippen LogP contribution in [0.3, 0.4) is 0 Å². The van der Waals surface area contributed by atoms with Crippen molar-refractivity contribution in [3.8, 4) is 0 Å². The van der Waals surface area contributed by atoms with Crippen LogP contribution in [0.25, 0.3) is 0 Å². The zero-order valence-corrected chi connectivity index (χ0v) is 11.8. The molecule has 18 heavy (non-hydrogen) atoms. The molecule has 1 nitrogen and oxygen atoms in total. The minimum absolute atomic E-state index is 0.00731. The molecule has 2 aliphatic carbocycles. The van der Waals surface area contributed by atoms with Gasteiger partial charge in [-0.05, 0) is 42.9 Å². The minimum atomic E-state index is -0.0827. The van der Waals surface area contributed by atoms with Crippen molar-refractivity contribution >= 4 is 17.4 Å². The van der Waals surface area contributed by atoms with Gasteiger partial charge in [0.1, 0.15) is 5.78 Å². The molecule has 0 bridgehead atoms. The number of hydrogen-bond donors (Lipinski definition) is 0. The van der Waals surface area contributed by atoms with Gasteiger partial charge in [-0.3, -0.25) is 4.79 Å². The number of halogens is 1. The average molecular weight is 263 g/mol. The molecule has 1 aromatic carbocycles. The first-order valence-corrected chi connectivity index (χ1v) is 7.15. The van der Waals surface area contributed by atoms with Gasteiger partial charge in [0.25, 0.3) is 0 Å². The van der Waals surface area contributed by atoms with E-state index >= 15 is 0 Å². The molecule has 2 heteroatoms. The van der Waals surface area contributed by atoms with Crippen LogP contribution in [-0.4, -0.2) is 5.78 Å². The third-order valence-electron chi connectivity index (χ3n) is 5.24. The number of ketones is 1. The summed E-state index contributed by atoms with van der Waals surface area (Å²) in [5.41, 5.74) is 1.22. The summed E-state index contributed by atoms with van der Waals surface area (Å²) in [5.74, 6) is 1.02. The molecule has 2 aliphatic rings. The average Bonchev–Trinajstić information content (AvgIpc) is 2.69. The van der Waals surface area contributed by atoms with Gasteiger partial charge in [0.15, 0.2) is 0 Å². The van der Waals surface area contributed by atoms with E-state index in [9.17, 15) is 4.79 Å². The van der Waals surface area contributed by atoms with E-state index < -0.39 is 0 Å². The number of carbonyl (C=O) groups is 1. The molecule has 0 amide bonds. The molecule has 1 aromatic rings. The summed E-state index contributed by atoms with van der Waals surface area (Å²) in [4.78, 5) is 12.2. The number of carbonyl (C=O) groups excluding carboxylic acids is 1. The van der Waals surface area contributed by atoms with Gasteiger partial charge in [-0.2, -0.15) is 0 Å². The molecule has 0 heterocycles. The van der Waals surface area contributed by atoms with Crippen LogP contribution >= 0.6 is 11.6 Å². The van der Waals surface area contributed by atoms with E-state index in [-0.39, 0.29) is 10.8 Å². The van der Waals surface area contributed by atoms with Gasteiger partial charge in [0, 0.05) is 15.9 Å². The predicted molar refractivity (Wildman–Crippen MR) is 73.7 cm³/mol. The van der Waals surface area contributed by atoms with Crippen LogP contribution in [0.4, 0.5) is 0 Å². The van der Waals surface area contributed by atoms with E-state index in [2.05, 4.69) is 26.0 Å². The van der Waals surface area contributed by atoms with Crippen LogP contribution in [-0.2, 0) is 11.2 Å². The fourth-order valence-corrected chi connectivity index (χ4v) is 4.23. The molecule has 0 N–H and O–H groups in total. The Morgan fingerprint density at radius 2 is 1.89 bits per heavy atom. The quantitative estimate of drug-likeness (QED) is 0.778. The zero-order valence-electron chi connectivity index (χ0n) is 11.0. The number of Topliss-reactive ketones (excluding diaryl/α,β-unsaturated/α-hetero) is 1. The maximum absolute atomic E-state index is 12.2. The first-order valence-electron chi connectivity index (χ1n) is 6.78. The maximum Gasteiger partial charge on any atom is 0.146 e. The van der Waals surface area contributed by atoms with Gasteiger partial charge in [-0.1, -0.05) is 44.0 Å². The van der Waals surface area contributed by atoms with Crippen molar-refractivity contribution in [3.05, 3.63) is 34.9 Å². The van der Waals surface area contributed by atoms with Gasteiger partial charge < -0.3 is 0 Å². The highest BCUT2D eigenvalue weighted by atomic mass is 35.5. The largest absolute Gasteiger partial charge is 0.298 e. The van der Waals surface area contributed by atoms with Crippen molar-refractivity contribution in [1.29, 1.82) is 0 Å². The summed E-state index contributed by atoms with van der Waals surface area (Å²) in [6.45, 7) is 4.24. The molecule has 0 saturated heterocycles. The SMILES string of the molecule is CC1(C)C(=O)C12CCCC2Cc1ccc(Cl)cc1. The molecule has 1 spiro atoms. The highest BCUT2D eigenvalue weighted by molar-refractivity contribution is 6.30. The Labute approximate surface area is 114 Å². The smallest absolute Gasteiger partial charge is 0.146 e. The molecule has 0 radical (unpaired) electrons. The van der Waals surface area contributed by atoms with Crippen molar-refractivity contribution < 1.29 is 4.79 Å². The lowest BCUT2D eigenvalue weighted by atomic mass is 9.81. The molecule has 2 atom stereocenters. The van der Waals surface area contributed by atoms with E-state index in [1.54, 1.807) is 0 Å². The summed E-state index contributed by atoms with van der Waals surface area (Å²) in [6.07, 6.45) is 4.51. The van der Waals surface area contributed by atoms with Crippen molar-refractivity contribution in [1.82, 2.24) is 0 Å². The van der Waals surface area contributed by atoms with Crippen molar-refractivity contribution in [2.24, 2.45) is 16.7 Å². The Hall–Kier alpha value is -0.820. The van der Waals surface area contributed by atoms with Crippen LogP contribution < -0.4 is 0 Å². The first kappa shape index (κ1) is 12.2. The second-order valence-corrected chi connectivity index (χ2v) is 6.78. The molecular formula is C16H19ClO. The third kappa shape index (κ3) is 1.50. The lowest BCUT2D eigenvalue weighted by molar-refractivity contribution is -0.114. The monoisotopic (exact) mass is 262 g/mol. The van der Waals surface area contributed by atoms with Gasteiger partial charge in [0.2, 0.25) is 0 Å². The molecule has 2 fully saturated rings. The minimum Gasteiger partial charge on any atom is -0.298 e. The number of benzene rings is 1. The van der Waals surface area contributed by atoms with Crippen LogP contribution in [0.15, 0.2) is 24.3 Å². The highest BCUT2D eigenvalue weighted by Crippen LogP contribution is 2.70.